The fourth-order valence-electron chi connectivity index (χ4n) is 3.51. The first-order valence-corrected chi connectivity index (χ1v) is 10.5. The second-order valence-electron chi connectivity index (χ2n) is 6.76. The number of rotatable bonds is 4. The molecule has 1 aromatic heterocycles. The van der Waals surface area contributed by atoms with Gasteiger partial charge in [0.25, 0.3) is 0 Å². The summed E-state index contributed by atoms with van der Waals surface area (Å²) >= 11 is 0. The Kier molecular flexibility index (Phi) is 4.96. The monoisotopic (exact) mass is 353 g/mol. The first-order valence-electron chi connectivity index (χ1n) is 8.64. The van der Waals surface area contributed by atoms with Crippen LogP contribution in [-0.4, -0.2) is 80.6 Å². The number of anilines is 2. The molecule has 1 atom stereocenters. The van der Waals surface area contributed by atoms with Crippen LogP contribution in [0.2, 0.25) is 0 Å². The molecule has 0 amide bonds. The van der Waals surface area contributed by atoms with E-state index in [2.05, 4.69) is 38.6 Å². The van der Waals surface area contributed by atoms with E-state index in [0.717, 1.165) is 50.2 Å². The van der Waals surface area contributed by atoms with Crippen LogP contribution in [0.25, 0.3) is 0 Å². The number of sulfone groups is 1. The van der Waals surface area contributed by atoms with Gasteiger partial charge in [-0.3, -0.25) is 0 Å². The van der Waals surface area contributed by atoms with E-state index in [1.54, 1.807) is 0 Å². The molecule has 0 bridgehead atoms. The van der Waals surface area contributed by atoms with Crippen molar-refractivity contribution in [3.8, 4) is 0 Å². The van der Waals surface area contributed by atoms with Crippen LogP contribution in [0.5, 0.6) is 0 Å². The molecule has 2 fully saturated rings. The first kappa shape index (κ1) is 17.4. The molecule has 0 aromatic carbocycles. The number of hydrogen-bond acceptors (Lipinski definition) is 7. The number of nitrogens with zero attached hydrogens (tertiary/aromatic N) is 5. The molecule has 0 saturated carbocycles. The molecule has 2 aliphatic heterocycles. The van der Waals surface area contributed by atoms with Gasteiger partial charge in [-0.15, -0.1) is 0 Å². The summed E-state index contributed by atoms with van der Waals surface area (Å²) in [4.78, 5) is 15.9. The largest absolute Gasteiger partial charge is 0.354 e. The summed E-state index contributed by atoms with van der Waals surface area (Å²) in [5.41, 5.74) is 0. The van der Waals surface area contributed by atoms with Crippen LogP contribution in [0, 0.1) is 6.92 Å². The first-order chi connectivity index (χ1) is 11.4. The van der Waals surface area contributed by atoms with Crippen LogP contribution in [0.3, 0.4) is 0 Å². The average molecular weight is 353 g/mol. The van der Waals surface area contributed by atoms with Crippen molar-refractivity contribution in [2.75, 3.05) is 61.1 Å². The van der Waals surface area contributed by atoms with Crippen molar-refractivity contribution in [2.45, 2.75) is 26.3 Å². The topological polar surface area (TPSA) is 69.6 Å². The van der Waals surface area contributed by atoms with E-state index < -0.39 is 9.84 Å². The molecule has 7 nitrogen and oxygen atoms in total. The summed E-state index contributed by atoms with van der Waals surface area (Å²) in [5.74, 6) is 3.05. The second kappa shape index (κ2) is 6.84. The second-order valence-corrected chi connectivity index (χ2v) is 8.99. The smallest absolute Gasteiger partial charge is 0.152 e. The summed E-state index contributed by atoms with van der Waals surface area (Å²) in [7, 11) is -0.774. The zero-order valence-corrected chi connectivity index (χ0v) is 15.6. The molecule has 8 heteroatoms. The molecule has 3 rings (SSSR count). The van der Waals surface area contributed by atoms with Gasteiger partial charge in [-0.05, 0) is 27.3 Å². The van der Waals surface area contributed by atoms with Gasteiger partial charge in [0.2, 0.25) is 0 Å². The lowest BCUT2D eigenvalue weighted by molar-refractivity contribution is 0.312. The minimum atomic E-state index is -2.91. The Balaban J connectivity index is 1.84. The van der Waals surface area contributed by atoms with Gasteiger partial charge in [0.1, 0.15) is 17.5 Å². The summed E-state index contributed by atoms with van der Waals surface area (Å²) in [6.07, 6.45) is 0.684. The summed E-state index contributed by atoms with van der Waals surface area (Å²) < 4.78 is 23.7. The zero-order valence-electron chi connectivity index (χ0n) is 14.8. The molecule has 3 heterocycles. The van der Waals surface area contributed by atoms with Crippen molar-refractivity contribution in [3.05, 3.63) is 11.9 Å². The van der Waals surface area contributed by atoms with Crippen molar-refractivity contribution in [1.29, 1.82) is 0 Å². The summed E-state index contributed by atoms with van der Waals surface area (Å²) in [6, 6.07) is 2.04. The van der Waals surface area contributed by atoms with Crippen molar-refractivity contribution in [2.24, 2.45) is 0 Å². The number of hydrogen-bond donors (Lipinski definition) is 0. The maximum absolute atomic E-state index is 11.8. The van der Waals surface area contributed by atoms with Crippen LogP contribution >= 0.6 is 0 Å². The summed E-state index contributed by atoms with van der Waals surface area (Å²) in [6.45, 7) is 8.67. The molecule has 2 saturated heterocycles. The normalized spacial score (nSPS) is 24.3. The average Bonchev–Trinajstić information content (AvgIpc) is 2.88. The standard InChI is InChI=1S/C16H27N5O2S/c1-4-21(14-5-10-24(22,23)12-14)16-11-15(17-13(2)18-16)20-8-6-19(3)7-9-20/h11,14H,4-10,12H2,1-3H3. The van der Waals surface area contributed by atoms with Crippen LogP contribution in [0.15, 0.2) is 6.07 Å². The Morgan fingerprint density at radius 3 is 2.54 bits per heavy atom. The highest BCUT2D eigenvalue weighted by Crippen LogP contribution is 2.26. The van der Waals surface area contributed by atoms with E-state index in [0.29, 0.717) is 6.42 Å². The van der Waals surface area contributed by atoms with E-state index in [4.69, 9.17) is 0 Å². The van der Waals surface area contributed by atoms with E-state index in [9.17, 15) is 8.42 Å². The molecule has 1 aromatic rings. The minimum Gasteiger partial charge on any atom is -0.354 e. The highest BCUT2D eigenvalue weighted by atomic mass is 32.2. The predicted molar refractivity (Wildman–Crippen MR) is 96.6 cm³/mol. The van der Waals surface area contributed by atoms with Gasteiger partial charge in [0.15, 0.2) is 9.84 Å². The van der Waals surface area contributed by atoms with Crippen LogP contribution < -0.4 is 9.80 Å². The lowest BCUT2D eigenvalue weighted by Crippen LogP contribution is -2.45. The number of aromatic nitrogens is 2. The number of piperazine rings is 1. The predicted octanol–water partition coefficient (Wildman–Crippen LogP) is 0.550. The third kappa shape index (κ3) is 3.80. The van der Waals surface area contributed by atoms with Gasteiger partial charge >= 0.3 is 0 Å². The molecule has 0 aliphatic carbocycles. The maximum Gasteiger partial charge on any atom is 0.152 e. The molecule has 0 radical (unpaired) electrons. The Morgan fingerprint density at radius 1 is 1.25 bits per heavy atom. The van der Waals surface area contributed by atoms with Crippen LogP contribution in [-0.2, 0) is 9.84 Å². The van der Waals surface area contributed by atoms with Gasteiger partial charge in [-0.25, -0.2) is 18.4 Å². The van der Waals surface area contributed by atoms with Gasteiger partial charge in [0, 0.05) is 44.8 Å². The zero-order chi connectivity index (χ0) is 17.3. The molecule has 24 heavy (non-hydrogen) atoms. The van der Waals surface area contributed by atoms with Crippen LogP contribution in [0.4, 0.5) is 11.6 Å². The van der Waals surface area contributed by atoms with E-state index in [1.165, 1.54) is 0 Å². The molecule has 134 valence electrons. The Labute approximate surface area is 144 Å². The highest BCUT2D eigenvalue weighted by Gasteiger charge is 2.32. The number of aryl methyl sites for hydroxylation is 1. The quantitative estimate of drug-likeness (QED) is 0.783. The van der Waals surface area contributed by atoms with Crippen LogP contribution in [0.1, 0.15) is 19.2 Å². The van der Waals surface area contributed by atoms with Crippen molar-refractivity contribution >= 4 is 21.5 Å². The van der Waals surface area contributed by atoms with E-state index >= 15 is 0 Å². The molecule has 0 N–H and O–H groups in total. The molecular formula is C16H27N5O2S. The molecule has 0 spiro atoms. The fraction of sp³-hybridized carbons (Fsp3) is 0.750. The van der Waals surface area contributed by atoms with Gasteiger partial charge in [-0.1, -0.05) is 0 Å². The highest BCUT2D eigenvalue weighted by molar-refractivity contribution is 7.91. The Morgan fingerprint density at radius 2 is 1.96 bits per heavy atom. The van der Waals surface area contributed by atoms with Gasteiger partial charge in [-0.2, -0.15) is 0 Å². The SMILES string of the molecule is CCN(c1cc(N2CCN(C)CC2)nc(C)n1)C1CCS(=O)(=O)C1. The third-order valence-electron chi connectivity index (χ3n) is 4.92. The lowest BCUT2D eigenvalue weighted by atomic mass is 10.2. The van der Waals surface area contributed by atoms with Crippen molar-refractivity contribution in [3.63, 3.8) is 0 Å². The van der Waals surface area contributed by atoms with Gasteiger partial charge < -0.3 is 14.7 Å². The minimum absolute atomic E-state index is 0.0228. The molecule has 2 aliphatic rings. The Bertz CT molecular complexity index is 686. The molecular weight excluding hydrogens is 326 g/mol. The Hall–Kier alpha value is -1.41. The lowest BCUT2D eigenvalue weighted by Gasteiger charge is -2.34. The van der Waals surface area contributed by atoms with Crippen molar-refractivity contribution < 1.29 is 8.42 Å². The van der Waals surface area contributed by atoms with E-state index in [1.807, 2.05) is 13.0 Å². The van der Waals surface area contributed by atoms with E-state index in [-0.39, 0.29) is 17.5 Å². The summed E-state index contributed by atoms with van der Waals surface area (Å²) in [5, 5.41) is 0. The molecule has 1 unspecified atom stereocenters. The number of likely N-dealkylation sites (N-methyl/N-ethyl adjacent to an activating group) is 1. The van der Waals surface area contributed by atoms with Crippen molar-refractivity contribution in [1.82, 2.24) is 14.9 Å². The maximum atomic E-state index is 11.8. The van der Waals surface area contributed by atoms with Gasteiger partial charge in [0.05, 0.1) is 11.5 Å². The third-order valence-corrected chi connectivity index (χ3v) is 6.67. The fourth-order valence-corrected chi connectivity index (χ4v) is 5.24.